The highest BCUT2D eigenvalue weighted by atomic mass is 32.2. The van der Waals surface area contributed by atoms with Crippen LogP contribution in [0.25, 0.3) is 0 Å². The van der Waals surface area contributed by atoms with E-state index in [1.54, 1.807) is 9.58 Å². The zero-order valence-electron chi connectivity index (χ0n) is 20.7. The summed E-state index contributed by atoms with van der Waals surface area (Å²) >= 11 is 0. The van der Waals surface area contributed by atoms with Crippen LogP contribution >= 0.6 is 0 Å². The second-order valence-corrected chi connectivity index (χ2v) is 12.7. The van der Waals surface area contributed by atoms with Crippen LogP contribution in [0.4, 0.5) is 20.3 Å². The number of rotatable bonds is 10. The molecule has 1 aliphatic carbocycles. The van der Waals surface area contributed by atoms with Crippen LogP contribution in [-0.4, -0.2) is 67.1 Å². The molecule has 2 N–H and O–H groups in total. The molecule has 2 aliphatic heterocycles. The van der Waals surface area contributed by atoms with Crippen LogP contribution in [0.15, 0.2) is 24.3 Å². The largest absolute Gasteiger partial charge is 0.359 e. The maximum absolute atomic E-state index is 13.2. The first-order chi connectivity index (χ1) is 17.5. The number of nitrogens with one attached hydrogen (secondary N) is 2. The number of carbonyl (C=O) groups excluding carboxylic acids is 2. The molecule has 0 unspecified atom stereocenters. The fourth-order valence-electron chi connectivity index (χ4n) is 4.96. The maximum atomic E-state index is 13.2. The fourth-order valence-corrected chi connectivity index (χ4v) is 5.51. The highest BCUT2D eigenvalue weighted by Crippen LogP contribution is 2.35. The van der Waals surface area contributed by atoms with E-state index in [1.807, 2.05) is 24.3 Å². The molecule has 2 amide bonds. The number of carbonyl (C=O) groups is 2. The van der Waals surface area contributed by atoms with Gasteiger partial charge < -0.3 is 15.5 Å². The van der Waals surface area contributed by atoms with Crippen molar-refractivity contribution in [1.82, 2.24) is 15.1 Å². The summed E-state index contributed by atoms with van der Waals surface area (Å²) < 4.78 is 51.3. The van der Waals surface area contributed by atoms with E-state index in [-0.39, 0.29) is 36.4 Å². The highest BCUT2D eigenvalue weighted by Gasteiger charge is 2.44. The Morgan fingerprint density at radius 3 is 2.68 bits per heavy atom. The van der Waals surface area contributed by atoms with Gasteiger partial charge in [-0.25, -0.2) is 21.9 Å². The van der Waals surface area contributed by atoms with Gasteiger partial charge >= 0.3 is 0 Å². The van der Waals surface area contributed by atoms with Gasteiger partial charge in [0.05, 0.1) is 18.8 Å². The zero-order valence-corrected chi connectivity index (χ0v) is 21.5. The minimum atomic E-state index is -3.53. The molecule has 1 aromatic carbocycles. The molecule has 0 radical (unpaired) electrons. The molecular weight excluding hydrogens is 504 g/mol. The second kappa shape index (κ2) is 9.70. The van der Waals surface area contributed by atoms with Gasteiger partial charge in [-0.1, -0.05) is 25.0 Å². The van der Waals surface area contributed by atoms with E-state index in [2.05, 4.69) is 15.7 Å². The SMILES string of the molecule is CS(=O)(=O)CC(=O)Nc1c2c(nn1CCC1CC1)C[C@H](CCc1cccc(N3CC(F)(F)C3)c1)NC2=O. The molecule has 3 aliphatic rings. The Balaban J connectivity index is 1.27. The van der Waals surface area contributed by atoms with Crippen LogP contribution in [0.2, 0.25) is 0 Å². The van der Waals surface area contributed by atoms with E-state index in [0.717, 1.165) is 36.8 Å². The Morgan fingerprint density at radius 2 is 2.00 bits per heavy atom. The smallest absolute Gasteiger partial charge is 0.282 e. The number of anilines is 2. The number of hydrogen-bond acceptors (Lipinski definition) is 6. The van der Waals surface area contributed by atoms with Crippen LogP contribution in [0.3, 0.4) is 0 Å². The number of alkyl halides is 2. The number of nitrogens with zero attached hydrogens (tertiary/aromatic N) is 3. The lowest BCUT2D eigenvalue weighted by molar-refractivity contribution is -0.113. The van der Waals surface area contributed by atoms with Crippen molar-refractivity contribution >= 4 is 33.2 Å². The van der Waals surface area contributed by atoms with Crippen molar-refractivity contribution in [3.8, 4) is 0 Å². The van der Waals surface area contributed by atoms with Crippen molar-refractivity contribution in [2.45, 2.75) is 57.0 Å². The van der Waals surface area contributed by atoms with Crippen molar-refractivity contribution in [1.29, 1.82) is 0 Å². The summed E-state index contributed by atoms with van der Waals surface area (Å²) in [5, 5.41) is 10.3. The molecule has 2 aromatic rings. The van der Waals surface area contributed by atoms with Gasteiger partial charge in [0.25, 0.3) is 11.8 Å². The Morgan fingerprint density at radius 1 is 1.24 bits per heavy atom. The van der Waals surface area contributed by atoms with Gasteiger partial charge in [0.2, 0.25) is 5.91 Å². The quantitative estimate of drug-likeness (QED) is 0.483. The van der Waals surface area contributed by atoms with Gasteiger partial charge in [0.1, 0.15) is 17.1 Å². The fraction of sp³-hybridized carbons (Fsp3) is 0.560. The van der Waals surface area contributed by atoms with Crippen molar-refractivity contribution in [3.05, 3.63) is 41.1 Å². The van der Waals surface area contributed by atoms with Crippen molar-refractivity contribution in [2.24, 2.45) is 5.92 Å². The first kappa shape index (κ1) is 25.6. The van der Waals surface area contributed by atoms with Gasteiger partial charge in [0, 0.05) is 31.0 Å². The average molecular weight is 536 g/mol. The maximum Gasteiger partial charge on any atom is 0.282 e. The number of fused-ring (bicyclic) bond motifs is 1. The minimum Gasteiger partial charge on any atom is -0.359 e. The van der Waals surface area contributed by atoms with Crippen LogP contribution < -0.4 is 15.5 Å². The Bertz CT molecular complexity index is 1310. The highest BCUT2D eigenvalue weighted by molar-refractivity contribution is 7.91. The standard InChI is InChI=1S/C25H31F2N5O4S/c1-37(35,36)13-21(33)29-23-22-20(30-32(23)10-9-16-5-6-16)12-18(28-24(22)34)8-7-17-3-2-4-19(11-17)31-14-25(26,27)15-31/h2-4,11,16,18H,5-10,12-15H2,1H3,(H,28,34)(H,29,33)/t18-/m0/s1. The average Bonchev–Trinajstić information content (AvgIpc) is 3.55. The first-order valence-electron chi connectivity index (χ1n) is 12.6. The lowest BCUT2D eigenvalue weighted by atomic mass is 9.96. The Kier molecular flexibility index (Phi) is 6.71. The van der Waals surface area contributed by atoms with E-state index in [4.69, 9.17) is 0 Å². The van der Waals surface area contributed by atoms with E-state index in [0.29, 0.717) is 37.4 Å². The molecule has 1 atom stereocenters. The van der Waals surface area contributed by atoms with E-state index >= 15 is 0 Å². The summed E-state index contributed by atoms with van der Waals surface area (Å²) in [6.45, 7) is -0.0127. The number of sulfone groups is 1. The second-order valence-electron chi connectivity index (χ2n) is 10.5. The van der Waals surface area contributed by atoms with Gasteiger partial charge in [-0.2, -0.15) is 5.10 Å². The predicted molar refractivity (Wildman–Crippen MR) is 135 cm³/mol. The summed E-state index contributed by atoms with van der Waals surface area (Å²) in [7, 11) is -3.53. The molecule has 9 nitrogen and oxygen atoms in total. The molecule has 5 rings (SSSR count). The van der Waals surface area contributed by atoms with Crippen LogP contribution in [0.1, 0.15) is 47.3 Å². The minimum absolute atomic E-state index is 0.177. The van der Waals surface area contributed by atoms with Crippen LogP contribution in [-0.2, 0) is 34.0 Å². The predicted octanol–water partition coefficient (Wildman–Crippen LogP) is 2.41. The molecule has 0 bridgehead atoms. The summed E-state index contributed by atoms with van der Waals surface area (Å²) in [6, 6.07) is 7.35. The molecule has 200 valence electrons. The molecule has 0 spiro atoms. The Labute approximate surface area is 214 Å². The van der Waals surface area contributed by atoms with Gasteiger partial charge in [-0.05, 0) is 42.9 Å². The molecule has 37 heavy (non-hydrogen) atoms. The topological polar surface area (TPSA) is 113 Å². The van der Waals surface area contributed by atoms with Crippen molar-refractivity contribution in [2.75, 3.05) is 35.3 Å². The lowest BCUT2D eigenvalue weighted by Gasteiger charge is -2.40. The Hall–Kier alpha value is -3.02. The van der Waals surface area contributed by atoms with E-state index < -0.39 is 27.4 Å². The number of halogens is 2. The van der Waals surface area contributed by atoms with Crippen molar-refractivity contribution in [3.63, 3.8) is 0 Å². The van der Waals surface area contributed by atoms with Gasteiger partial charge in [-0.15, -0.1) is 0 Å². The van der Waals surface area contributed by atoms with Crippen LogP contribution in [0.5, 0.6) is 0 Å². The summed E-state index contributed by atoms with van der Waals surface area (Å²) in [5.41, 5.74) is 2.63. The number of hydrogen-bond donors (Lipinski definition) is 2. The number of amides is 2. The number of benzene rings is 1. The normalized spacial score (nSPS) is 20.7. The third kappa shape index (κ3) is 6.28. The zero-order chi connectivity index (χ0) is 26.4. The van der Waals surface area contributed by atoms with Crippen LogP contribution in [0, 0.1) is 5.92 Å². The first-order valence-corrected chi connectivity index (χ1v) is 14.6. The molecule has 2 fully saturated rings. The van der Waals surface area contributed by atoms with E-state index in [1.165, 1.54) is 0 Å². The third-order valence-corrected chi connectivity index (χ3v) is 7.81. The molecule has 12 heteroatoms. The summed E-state index contributed by atoms with van der Waals surface area (Å²) in [5.74, 6) is -3.50. The molecule has 3 heterocycles. The summed E-state index contributed by atoms with van der Waals surface area (Å²) in [6.07, 6.45) is 5.93. The number of aryl methyl sites for hydroxylation is 2. The molecule has 1 aromatic heterocycles. The molecule has 1 saturated heterocycles. The third-order valence-electron chi connectivity index (χ3n) is 7.03. The van der Waals surface area contributed by atoms with Crippen molar-refractivity contribution < 1.29 is 26.8 Å². The monoisotopic (exact) mass is 535 g/mol. The van der Waals surface area contributed by atoms with Gasteiger partial charge in [-0.3, -0.25) is 9.59 Å². The van der Waals surface area contributed by atoms with Gasteiger partial charge in [0.15, 0.2) is 9.84 Å². The molecular formula is C25H31F2N5O4S. The lowest BCUT2D eigenvalue weighted by Crippen LogP contribution is -2.56. The molecule has 1 saturated carbocycles. The number of aromatic nitrogens is 2. The summed E-state index contributed by atoms with van der Waals surface area (Å²) in [4.78, 5) is 27.1. The van der Waals surface area contributed by atoms with E-state index in [9.17, 15) is 26.8 Å².